The van der Waals surface area contributed by atoms with Crippen LogP contribution in [0.25, 0.3) is 10.8 Å². The summed E-state index contributed by atoms with van der Waals surface area (Å²) < 4.78 is 5.76. The van der Waals surface area contributed by atoms with Crippen LogP contribution in [-0.2, 0) is 5.60 Å². The lowest BCUT2D eigenvalue weighted by molar-refractivity contribution is 0.121. The summed E-state index contributed by atoms with van der Waals surface area (Å²) in [4.78, 5) is 0. The first-order valence-corrected chi connectivity index (χ1v) is 9.47. The lowest BCUT2D eigenvalue weighted by atomic mass is 9.76. The normalized spacial score (nSPS) is 11.6. The fourth-order valence-corrected chi connectivity index (χ4v) is 4.06. The van der Waals surface area contributed by atoms with Crippen molar-refractivity contribution in [2.24, 2.45) is 0 Å². The van der Waals surface area contributed by atoms with E-state index in [0.29, 0.717) is 5.75 Å². The van der Waals surface area contributed by atoms with Gasteiger partial charge in [-0.05, 0) is 59.0 Å². The highest BCUT2D eigenvalue weighted by atomic mass is 16.5. The van der Waals surface area contributed by atoms with E-state index >= 15 is 0 Å². The van der Waals surface area contributed by atoms with Crippen LogP contribution in [0.4, 0.5) is 0 Å². The van der Waals surface area contributed by atoms with E-state index in [-0.39, 0.29) is 0 Å². The Kier molecular flexibility index (Phi) is 4.66. The summed E-state index contributed by atoms with van der Waals surface area (Å²) in [6.07, 6.45) is 0. The zero-order chi connectivity index (χ0) is 19.7. The summed E-state index contributed by atoms with van der Waals surface area (Å²) in [6, 6.07) is 28.2. The van der Waals surface area contributed by atoms with Crippen molar-refractivity contribution in [3.63, 3.8) is 0 Å². The van der Waals surface area contributed by atoms with Gasteiger partial charge in [0, 0.05) is 5.56 Å². The van der Waals surface area contributed by atoms with Crippen LogP contribution >= 0.6 is 0 Å². The highest BCUT2D eigenvalue weighted by Crippen LogP contribution is 2.44. The number of rotatable bonds is 4. The van der Waals surface area contributed by atoms with E-state index in [4.69, 9.17) is 4.74 Å². The Morgan fingerprint density at radius 1 is 0.643 bits per heavy atom. The second-order valence-corrected chi connectivity index (χ2v) is 7.24. The standard InChI is InChI=1S/C26H24O2/c1-18-10-4-8-14-22(18)26(27,23-15-9-5-11-19(23)2)24-16-20-12-6-7-13-21(20)17-25(24)28-3/h4-17,27H,1-3H3. The maximum atomic E-state index is 12.4. The van der Waals surface area contributed by atoms with Crippen molar-refractivity contribution >= 4 is 10.8 Å². The highest BCUT2D eigenvalue weighted by Gasteiger charge is 2.38. The molecule has 4 aromatic rings. The molecular formula is C26H24O2. The Labute approximate surface area is 166 Å². The Morgan fingerprint density at radius 3 is 1.61 bits per heavy atom. The molecule has 0 bridgehead atoms. The van der Waals surface area contributed by atoms with Crippen molar-refractivity contribution in [1.29, 1.82) is 0 Å². The molecule has 4 rings (SSSR count). The molecule has 0 aromatic heterocycles. The third-order valence-electron chi connectivity index (χ3n) is 5.53. The van der Waals surface area contributed by atoms with Gasteiger partial charge in [0.05, 0.1) is 7.11 Å². The second-order valence-electron chi connectivity index (χ2n) is 7.24. The lowest BCUT2D eigenvalue weighted by Crippen LogP contribution is -2.31. The van der Waals surface area contributed by atoms with E-state index < -0.39 is 5.60 Å². The Bertz CT molecular complexity index is 1100. The average molecular weight is 368 g/mol. The second kappa shape index (κ2) is 7.14. The fourth-order valence-electron chi connectivity index (χ4n) is 4.06. The summed E-state index contributed by atoms with van der Waals surface area (Å²) >= 11 is 0. The van der Waals surface area contributed by atoms with Crippen molar-refractivity contribution in [2.45, 2.75) is 19.4 Å². The van der Waals surface area contributed by atoms with Gasteiger partial charge in [0.1, 0.15) is 11.4 Å². The van der Waals surface area contributed by atoms with Gasteiger partial charge in [-0.25, -0.2) is 0 Å². The molecule has 0 atom stereocenters. The minimum atomic E-state index is -1.33. The first-order valence-electron chi connectivity index (χ1n) is 9.47. The summed E-state index contributed by atoms with van der Waals surface area (Å²) in [7, 11) is 1.66. The number of aryl methyl sites for hydroxylation is 2. The first kappa shape index (κ1) is 18.3. The van der Waals surface area contributed by atoms with Crippen LogP contribution in [0.15, 0.2) is 84.9 Å². The zero-order valence-electron chi connectivity index (χ0n) is 16.4. The quantitative estimate of drug-likeness (QED) is 0.465. The number of benzene rings is 4. The number of hydrogen-bond acceptors (Lipinski definition) is 2. The molecule has 0 heterocycles. The summed E-state index contributed by atoms with van der Waals surface area (Å²) in [5.74, 6) is 0.674. The molecular weight excluding hydrogens is 344 g/mol. The fraction of sp³-hybridized carbons (Fsp3) is 0.154. The molecule has 2 nitrogen and oxygen atoms in total. The summed E-state index contributed by atoms with van der Waals surface area (Å²) in [5, 5.41) is 14.5. The minimum Gasteiger partial charge on any atom is -0.496 e. The first-order chi connectivity index (χ1) is 13.6. The van der Waals surface area contributed by atoms with E-state index in [1.165, 1.54) is 0 Å². The van der Waals surface area contributed by atoms with E-state index in [0.717, 1.165) is 38.6 Å². The summed E-state index contributed by atoms with van der Waals surface area (Å²) in [5.41, 5.74) is 3.20. The van der Waals surface area contributed by atoms with Crippen LogP contribution in [0, 0.1) is 13.8 Å². The summed E-state index contributed by atoms with van der Waals surface area (Å²) in [6.45, 7) is 4.07. The average Bonchev–Trinajstić information content (AvgIpc) is 2.73. The van der Waals surface area contributed by atoms with E-state index in [2.05, 4.69) is 12.1 Å². The van der Waals surface area contributed by atoms with Crippen molar-refractivity contribution in [3.8, 4) is 5.75 Å². The predicted molar refractivity (Wildman–Crippen MR) is 115 cm³/mol. The van der Waals surface area contributed by atoms with Crippen LogP contribution in [0.1, 0.15) is 27.8 Å². The molecule has 2 heteroatoms. The van der Waals surface area contributed by atoms with E-state index in [1.807, 2.05) is 86.6 Å². The van der Waals surface area contributed by atoms with Gasteiger partial charge in [-0.2, -0.15) is 0 Å². The third kappa shape index (κ3) is 2.87. The van der Waals surface area contributed by atoms with Gasteiger partial charge in [0.2, 0.25) is 0 Å². The Hall–Kier alpha value is -3.10. The monoisotopic (exact) mass is 368 g/mol. The highest BCUT2D eigenvalue weighted by molar-refractivity contribution is 5.86. The van der Waals surface area contributed by atoms with Crippen LogP contribution in [0.3, 0.4) is 0 Å². The zero-order valence-corrected chi connectivity index (χ0v) is 16.4. The Balaban J connectivity index is 2.12. The van der Waals surface area contributed by atoms with Crippen LogP contribution < -0.4 is 4.74 Å². The molecule has 28 heavy (non-hydrogen) atoms. The predicted octanol–water partition coefficient (Wildman–Crippen LogP) is 5.75. The smallest absolute Gasteiger partial charge is 0.144 e. The van der Waals surface area contributed by atoms with Crippen molar-refractivity contribution in [1.82, 2.24) is 0 Å². The van der Waals surface area contributed by atoms with Gasteiger partial charge in [-0.3, -0.25) is 0 Å². The van der Waals surface area contributed by atoms with Crippen molar-refractivity contribution in [3.05, 3.63) is 113 Å². The molecule has 0 saturated heterocycles. The van der Waals surface area contributed by atoms with E-state index in [1.54, 1.807) is 7.11 Å². The molecule has 0 aliphatic carbocycles. The van der Waals surface area contributed by atoms with Gasteiger partial charge < -0.3 is 9.84 Å². The molecule has 0 aliphatic heterocycles. The minimum absolute atomic E-state index is 0.674. The number of fused-ring (bicyclic) bond motifs is 1. The van der Waals surface area contributed by atoms with Gasteiger partial charge in [-0.1, -0.05) is 72.8 Å². The van der Waals surface area contributed by atoms with Crippen molar-refractivity contribution < 1.29 is 9.84 Å². The number of ether oxygens (including phenoxy) is 1. The van der Waals surface area contributed by atoms with E-state index in [9.17, 15) is 5.11 Å². The van der Waals surface area contributed by atoms with Gasteiger partial charge >= 0.3 is 0 Å². The largest absolute Gasteiger partial charge is 0.496 e. The molecule has 0 unspecified atom stereocenters. The molecule has 0 spiro atoms. The molecule has 140 valence electrons. The van der Waals surface area contributed by atoms with Crippen LogP contribution in [0.5, 0.6) is 5.75 Å². The number of methoxy groups -OCH3 is 1. The van der Waals surface area contributed by atoms with Crippen molar-refractivity contribution in [2.75, 3.05) is 7.11 Å². The van der Waals surface area contributed by atoms with Crippen LogP contribution in [-0.4, -0.2) is 12.2 Å². The van der Waals surface area contributed by atoms with Crippen LogP contribution in [0.2, 0.25) is 0 Å². The molecule has 4 aromatic carbocycles. The molecule has 0 radical (unpaired) electrons. The maximum Gasteiger partial charge on any atom is 0.144 e. The SMILES string of the molecule is COc1cc2ccccc2cc1C(O)(c1ccccc1C)c1ccccc1C. The molecule has 0 aliphatic rings. The molecule has 1 N–H and O–H groups in total. The lowest BCUT2D eigenvalue weighted by Gasteiger charge is -2.34. The van der Waals surface area contributed by atoms with Gasteiger partial charge in [0.15, 0.2) is 0 Å². The Morgan fingerprint density at radius 2 is 1.11 bits per heavy atom. The van der Waals surface area contributed by atoms with Gasteiger partial charge in [0.25, 0.3) is 0 Å². The molecule has 0 fully saturated rings. The molecule has 0 amide bonds. The van der Waals surface area contributed by atoms with Gasteiger partial charge in [-0.15, -0.1) is 0 Å². The third-order valence-corrected chi connectivity index (χ3v) is 5.53. The maximum absolute atomic E-state index is 12.4. The molecule has 0 saturated carbocycles. The topological polar surface area (TPSA) is 29.5 Å². The number of aliphatic hydroxyl groups is 1. The number of hydrogen-bond donors (Lipinski definition) is 1.